The van der Waals surface area contributed by atoms with Crippen molar-refractivity contribution in [2.75, 3.05) is 13.1 Å². The number of fused-ring (bicyclic) bond motifs is 1. The third kappa shape index (κ3) is 4.12. The zero-order valence-corrected chi connectivity index (χ0v) is 16.9. The molecule has 5 atom stereocenters. The fourth-order valence-corrected chi connectivity index (χ4v) is 5.24. The van der Waals surface area contributed by atoms with Gasteiger partial charge < -0.3 is 14.7 Å². The Hall–Kier alpha value is -1.73. The smallest absolute Gasteiger partial charge is 0.343 e. The van der Waals surface area contributed by atoms with Crippen LogP contribution in [-0.2, 0) is 15.1 Å². The van der Waals surface area contributed by atoms with E-state index in [1.54, 1.807) is 30.3 Å². The number of carbonyl (C=O) groups excluding carboxylic acids is 1. The molecule has 2 saturated carbocycles. The van der Waals surface area contributed by atoms with E-state index in [1.807, 2.05) is 4.90 Å². The lowest BCUT2D eigenvalue weighted by Crippen LogP contribution is -2.45. The summed E-state index contributed by atoms with van der Waals surface area (Å²) in [5, 5.41) is 18.7. The molecule has 3 fully saturated rings. The van der Waals surface area contributed by atoms with Crippen molar-refractivity contribution in [1.82, 2.24) is 4.90 Å². The lowest BCUT2D eigenvalue weighted by atomic mass is 9.80. The van der Waals surface area contributed by atoms with Crippen LogP contribution in [0.5, 0.6) is 0 Å². The number of halogens is 3. The lowest BCUT2D eigenvalue weighted by Gasteiger charge is -2.33. The first-order valence-corrected chi connectivity index (χ1v) is 9.93. The van der Waals surface area contributed by atoms with Gasteiger partial charge in [-0.15, -0.1) is 12.4 Å². The van der Waals surface area contributed by atoms with Crippen molar-refractivity contribution < 1.29 is 23.4 Å². The van der Waals surface area contributed by atoms with Crippen molar-refractivity contribution in [1.29, 1.82) is 5.41 Å². The minimum atomic E-state index is -2.87. The summed E-state index contributed by atoms with van der Waals surface area (Å²) >= 11 is 0. The summed E-state index contributed by atoms with van der Waals surface area (Å²) in [5.74, 6) is -3.82. The number of esters is 1. The van der Waals surface area contributed by atoms with Crippen LogP contribution in [0, 0.1) is 23.2 Å². The van der Waals surface area contributed by atoms with Crippen LogP contribution >= 0.6 is 12.4 Å². The molecule has 5 nitrogen and oxygen atoms in total. The molecule has 3 aliphatic rings. The van der Waals surface area contributed by atoms with Crippen molar-refractivity contribution >= 4 is 24.7 Å². The van der Waals surface area contributed by atoms with Crippen LogP contribution < -0.4 is 0 Å². The number of ether oxygens (including phenoxy) is 1. The first kappa shape index (κ1) is 22.0. The topological polar surface area (TPSA) is 73.6 Å². The summed E-state index contributed by atoms with van der Waals surface area (Å²) in [4.78, 5) is 15.0. The second kappa shape index (κ2) is 8.19. The van der Waals surface area contributed by atoms with E-state index < -0.39 is 29.8 Å². The number of nitrogens with zero attached hydrogens (tertiary/aromatic N) is 1. The second-order valence-corrected chi connectivity index (χ2v) is 8.53. The fourth-order valence-electron chi connectivity index (χ4n) is 5.24. The Morgan fingerprint density at radius 2 is 1.86 bits per heavy atom. The molecule has 0 amide bonds. The number of alkyl halides is 2. The standard InChI is InChI=1S/C21H26F2N2O3.ClH/c22-20(23)7-6-17(10-20)21(27,16-4-2-1-3-5-16)19(26)28-18-8-14-11-25(13-24)12-15(14)9-18;/h1-5,13-15,17-18,24,27H,6-12H2;1H/t14-,15+,17-,18?,21+;/m1./s1. The van der Waals surface area contributed by atoms with Crippen LogP contribution in [0.25, 0.3) is 0 Å². The molecule has 2 N–H and O–H groups in total. The van der Waals surface area contributed by atoms with Crippen LogP contribution in [0.1, 0.15) is 37.7 Å². The van der Waals surface area contributed by atoms with Gasteiger partial charge in [-0.3, -0.25) is 5.41 Å². The first-order valence-electron chi connectivity index (χ1n) is 9.93. The van der Waals surface area contributed by atoms with Gasteiger partial charge in [0.25, 0.3) is 0 Å². The molecule has 4 rings (SSSR count). The number of nitrogens with one attached hydrogen (secondary N) is 1. The molecule has 1 saturated heterocycles. The van der Waals surface area contributed by atoms with Gasteiger partial charge in [0.1, 0.15) is 6.10 Å². The Balaban J connectivity index is 0.00000240. The number of hydrogen-bond donors (Lipinski definition) is 2. The highest BCUT2D eigenvalue weighted by Crippen LogP contribution is 2.48. The SMILES string of the molecule is Cl.N=CN1C[C@H]2CC(OC(=O)[C@](O)(c3ccccc3)[C@@H]3CCC(F)(F)C3)C[C@H]2C1. The number of rotatable bonds is 5. The van der Waals surface area contributed by atoms with E-state index in [2.05, 4.69) is 0 Å². The Bertz CT molecular complexity index is 737. The summed E-state index contributed by atoms with van der Waals surface area (Å²) in [6, 6.07) is 8.33. The highest BCUT2D eigenvalue weighted by atomic mass is 35.5. The van der Waals surface area contributed by atoms with E-state index in [9.17, 15) is 18.7 Å². The molecule has 1 aromatic rings. The van der Waals surface area contributed by atoms with Crippen molar-refractivity contribution in [2.45, 2.75) is 49.7 Å². The maximum absolute atomic E-state index is 13.8. The molecule has 2 aliphatic carbocycles. The van der Waals surface area contributed by atoms with Crippen LogP contribution in [0.3, 0.4) is 0 Å². The maximum Gasteiger partial charge on any atom is 0.343 e. The number of benzene rings is 1. The first-order chi connectivity index (χ1) is 13.3. The Labute approximate surface area is 175 Å². The third-order valence-corrected chi connectivity index (χ3v) is 6.71. The second-order valence-electron chi connectivity index (χ2n) is 8.53. The van der Waals surface area contributed by atoms with Crippen LogP contribution in [0.2, 0.25) is 0 Å². The van der Waals surface area contributed by atoms with Gasteiger partial charge in [0, 0.05) is 31.8 Å². The normalized spacial score (nSPS) is 32.2. The molecule has 160 valence electrons. The monoisotopic (exact) mass is 428 g/mol. The van der Waals surface area contributed by atoms with E-state index in [1.165, 1.54) is 6.34 Å². The fraction of sp³-hybridized carbons (Fsp3) is 0.619. The van der Waals surface area contributed by atoms with Gasteiger partial charge in [0.05, 0.1) is 6.34 Å². The van der Waals surface area contributed by atoms with Crippen molar-refractivity contribution in [3.63, 3.8) is 0 Å². The number of aliphatic hydroxyl groups is 1. The third-order valence-electron chi connectivity index (χ3n) is 6.71. The average molecular weight is 429 g/mol. The number of carbonyl (C=O) groups is 1. The highest BCUT2D eigenvalue weighted by Gasteiger charge is 2.55. The number of hydrogen-bond acceptors (Lipinski definition) is 4. The van der Waals surface area contributed by atoms with Crippen LogP contribution in [-0.4, -0.2) is 47.4 Å². The average Bonchev–Trinajstić information content (AvgIpc) is 3.34. The van der Waals surface area contributed by atoms with Gasteiger partial charge in [-0.05, 0) is 36.7 Å². The van der Waals surface area contributed by atoms with E-state index >= 15 is 0 Å². The molecule has 0 aromatic heterocycles. The molecule has 8 heteroatoms. The molecule has 1 aromatic carbocycles. The molecule has 1 aliphatic heterocycles. The summed E-state index contributed by atoms with van der Waals surface area (Å²) in [6.07, 6.45) is 1.64. The van der Waals surface area contributed by atoms with Crippen LogP contribution in [0.4, 0.5) is 8.78 Å². The Morgan fingerprint density at radius 3 is 2.38 bits per heavy atom. The largest absolute Gasteiger partial charge is 0.460 e. The van der Waals surface area contributed by atoms with E-state index in [-0.39, 0.29) is 31.4 Å². The van der Waals surface area contributed by atoms with Gasteiger partial charge in [0.15, 0.2) is 5.60 Å². The molecule has 0 spiro atoms. The van der Waals surface area contributed by atoms with Crippen LogP contribution in [0.15, 0.2) is 30.3 Å². The van der Waals surface area contributed by atoms with Gasteiger partial charge in [-0.2, -0.15) is 0 Å². The van der Waals surface area contributed by atoms with Crippen molar-refractivity contribution in [3.05, 3.63) is 35.9 Å². The van der Waals surface area contributed by atoms with Gasteiger partial charge in [-0.1, -0.05) is 30.3 Å². The minimum absolute atomic E-state index is 0. The van der Waals surface area contributed by atoms with Gasteiger partial charge in [-0.25, -0.2) is 13.6 Å². The maximum atomic E-state index is 13.8. The molecule has 1 unspecified atom stereocenters. The van der Waals surface area contributed by atoms with Crippen molar-refractivity contribution in [2.24, 2.45) is 17.8 Å². The summed E-state index contributed by atoms with van der Waals surface area (Å²) in [7, 11) is 0. The summed E-state index contributed by atoms with van der Waals surface area (Å²) in [6.45, 7) is 1.56. The summed E-state index contributed by atoms with van der Waals surface area (Å²) < 4.78 is 33.4. The molecule has 0 radical (unpaired) electrons. The number of likely N-dealkylation sites (tertiary alicyclic amines) is 1. The molecular formula is C21H27ClF2N2O3. The van der Waals surface area contributed by atoms with E-state index in [4.69, 9.17) is 10.1 Å². The van der Waals surface area contributed by atoms with E-state index in [0.717, 1.165) is 13.1 Å². The Kier molecular flexibility index (Phi) is 6.20. The predicted molar refractivity (Wildman–Crippen MR) is 106 cm³/mol. The molecular weight excluding hydrogens is 402 g/mol. The molecule has 0 bridgehead atoms. The zero-order chi connectivity index (χ0) is 19.9. The van der Waals surface area contributed by atoms with E-state index in [0.29, 0.717) is 30.2 Å². The van der Waals surface area contributed by atoms with Gasteiger partial charge in [0.2, 0.25) is 5.92 Å². The molecule has 1 heterocycles. The van der Waals surface area contributed by atoms with Crippen molar-refractivity contribution in [3.8, 4) is 0 Å². The predicted octanol–water partition coefficient (Wildman–Crippen LogP) is 3.59. The Morgan fingerprint density at radius 1 is 1.24 bits per heavy atom. The molecule has 29 heavy (non-hydrogen) atoms. The zero-order valence-electron chi connectivity index (χ0n) is 16.1. The quantitative estimate of drug-likeness (QED) is 0.427. The lowest BCUT2D eigenvalue weighted by molar-refractivity contribution is -0.180. The highest BCUT2D eigenvalue weighted by molar-refractivity contribution is 5.85. The summed E-state index contributed by atoms with van der Waals surface area (Å²) in [5.41, 5.74) is -1.74. The van der Waals surface area contributed by atoms with Gasteiger partial charge >= 0.3 is 5.97 Å². The minimum Gasteiger partial charge on any atom is -0.460 e.